The van der Waals surface area contributed by atoms with E-state index >= 15 is 0 Å². The molecular formula is C13H14Cl3NO. The Morgan fingerprint density at radius 1 is 1.22 bits per heavy atom. The van der Waals surface area contributed by atoms with Crippen LogP contribution in [0.3, 0.4) is 0 Å². The van der Waals surface area contributed by atoms with E-state index < -0.39 is 9.70 Å². The molecule has 0 saturated carbocycles. The number of allylic oxidation sites excluding steroid dienone is 1. The van der Waals surface area contributed by atoms with Gasteiger partial charge in [-0.2, -0.15) is 0 Å². The number of nitrogens with zero attached hydrogens (tertiary/aromatic N) is 1. The first-order chi connectivity index (χ1) is 8.30. The molecule has 5 heteroatoms. The molecule has 1 aromatic rings. The fraction of sp³-hybridized carbons (Fsp3) is 0.308. The van der Waals surface area contributed by atoms with E-state index in [1.54, 1.807) is 6.20 Å². The van der Waals surface area contributed by atoms with E-state index in [9.17, 15) is 4.79 Å². The second kappa shape index (κ2) is 6.46. The number of halogens is 3. The summed E-state index contributed by atoms with van der Waals surface area (Å²) in [6.07, 6.45) is 1.68. The lowest BCUT2D eigenvalue weighted by molar-refractivity contribution is -0.128. The van der Waals surface area contributed by atoms with Crippen LogP contribution in [-0.4, -0.2) is 14.6 Å². The second-order valence-corrected chi connectivity index (χ2v) is 6.40. The first-order valence-corrected chi connectivity index (χ1v) is 6.51. The van der Waals surface area contributed by atoms with Gasteiger partial charge in [-0.15, -0.1) is 0 Å². The van der Waals surface area contributed by atoms with Crippen LogP contribution in [0.2, 0.25) is 0 Å². The SMILES string of the molecule is CC(C)=CN(Cc1ccccc1)C(=O)C(Cl)(Cl)Cl. The Labute approximate surface area is 122 Å². The Kier molecular flexibility index (Phi) is 5.51. The first-order valence-electron chi connectivity index (χ1n) is 5.37. The maximum Gasteiger partial charge on any atom is 0.278 e. The Bertz CT molecular complexity index is 433. The van der Waals surface area contributed by atoms with Crippen LogP contribution in [0, 0.1) is 0 Å². The van der Waals surface area contributed by atoms with Crippen molar-refractivity contribution in [3.63, 3.8) is 0 Å². The van der Waals surface area contributed by atoms with Crippen molar-refractivity contribution in [2.45, 2.75) is 24.2 Å². The monoisotopic (exact) mass is 305 g/mol. The van der Waals surface area contributed by atoms with Gasteiger partial charge in [0.25, 0.3) is 9.70 Å². The van der Waals surface area contributed by atoms with Crippen molar-refractivity contribution in [1.29, 1.82) is 0 Å². The van der Waals surface area contributed by atoms with Gasteiger partial charge in [-0.05, 0) is 19.4 Å². The van der Waals surface area contributed by atoms with E-state index in [0.29, 0.717) is 6.54 Å². The van der Waals surface area contributed by atoms with E-state index in [1.165, 1.54) is 4.90 Å². The van der Waals surface area contributed by atoms with Gasteiger partial charge in [-0.1, -0.05) is 70.7 Å². The van der Waals surface area contributed by atoms with E-state index in [0.717, 1.165) is 11.1 Å². The number of alkyl halides is 3. The Balaban J connectivity index is 2.94. The number of amides is 1. The van der Waals surface area contributed by atoms with Crippen LogP contribution in [0.4, 0.5) is 0 Å². The van der Waals surface area contributed by atoms with Gasteiger partial charge < -0.3 is 4.90 Å². The number of hydrogen-bond donors (Lipinski definition) is 0. The number of carbonyl (C=O) groups excluding carboxylic acids is 1. The Morgan fingerprint density at radius 3 is 2.22 bits per heavy atom. The topological polar surface area (TPSA) is 20.3 Å². The summed E-state index contributed by atoms with van der Waals surface area (Å²) in [6, 6.07) is 9.53. The third-order valence-electron chi connectivity index (χ3n) is 2.11. The van der Waals surface area contributed by atoms with Gasteiger partial charge in [0.1, 0.15) is 0 Å². The summed E-state index contributed by atoms with van der Waals surface area (Å²) >= 11 is 16.9. The van der Waals surface area contributed by atoms with Crippen molar-refractivity contribution in [3.8, 4) is 0 Å². The molecule has 0 atom stereocenters. The van der Waals surface area contributed by atoms with Gasteiger partial charge in [0.15, 0.2) is 0 Å². The highest BCUT2D eigenvalue weighted by molar-refractivity contribution is 6.76. The van der Waals surface area contributed by atoms with Crippen LogP contribution in [0.25, 0.3) is 0 Å². The minimum atomic E-state index is -1.94. The highest BCUT2D eigenvalue weighted by Crippen LogP contribution is 2.29. The lowest BCUT2D eigenvalue weighted by atomic mass is 10.2. The average molecular weight is 307 g/mol. The Hall–Kier alpha value is -0.700. The second-order valence-electron chi connectivity index (χ2n) is 4.12. The van der Waals surface area contributed by atoms with Crippen LogP contribution in [0.5, 0.6) is 0 Å². The lowest BCUT2D eigenvalue weighted by Gasteiger charge is -2.23. The molecule has 0 N–H and O–H groups in total. The largest absolute Gasteiger partial charge is 0.311 e. The first kappa shape index (κ1) is 15.4. The van der Waals surface area contributed by atoms with Gasteiger partial charge >= 0.3 is 0 Å². The molecule has 0 aliphatic heterocycles. The predicted molar refractivity (Wildman–Crippen MR) is 76.7 cm³/mol. The van der Waals surface area contributed by atoms with E-state index in [2.05, 4.69) is 0 Å². The van der Waals surface area contributed by atoms with Crippen LogP contribution in [-0.2, 0) is 11.3 Å². The van der Waals surface area contributed by atoms with Crippen LogP contribution < -0.4 is 0 Å². The molecule has 2 nitrogen and oxygen atoms in total. The van der Waals surface area contributed by atoms with Crippen molar-refractivity contribution in [2.24, 2.45) is 0 Å². The molecular weight excluding hydrogens is 293 g/mol. The molecule has 0 aromatic heterocycles. The number of benzene rings is 1. The summed E-state index contributed by atoms with van der Waals surface area (Å²) in [5.74, 6) is -0.558. The summed E-state index contributed by atoms with van der Waals surface area (Å²) < 4.78 is -1.94. The molecule has 1 amide bonds. The third-order valence-corrected chi connectivity index (χ3v) is 2.60. The van der Waals surface area contributed by atoms with Crippen molar-refractivity contribution in [1.82, 2.24) is 4.90 Å². The molecule has 1 aromatic carbocycles. The molecule has 0 unspecified atom stereocenters. The minimum absolute atomic E-state index is 0.374. The fourth-order valence-corrected chi connectivity index (χ4v) is 1.76. The number of rotatable bonds is 3. The number of hydrogen-bond acceptors (Lipinski definition) is 1. The summed E-state index contributed by atoms with van der Waals surface area (Å²) in [7, 11) is 0. The summed E-state index contributed by atoms with van der Waals surface area (Å²) in [5.41, 5.74) is 1.92. The molecule has 0 radical (unpaired) electrons. The highest BCUT2D eigenvalue weighted by Gasteiger charge is 2.34. The molecule has 98 valence electrons. The summed E-state index contributed by atoms with van der Waals surface area (Å²) in [4.78, 5) is 13.4. The molecule has 0 fully saturated rings. The standard InChI is InChI=1S/C13H14Cl3NO/c1-10(2)8-17(12(18)13(14,15)16)9-11-6-4-3-5-7-11/h3-8H,9H2,1-2H3. The molecule has 1 rings (SSSR count). The van der Waals surface area contributed by atoms with Crippen LogP contribution >= 0.6 is 34.8 Å². The van der Waals surface area contributed by atoms with E-state index in [1.807, 2.05) is 44.2 Å². The van der Waals surface area contributed by atoms with Crippen LogP contribution in [0.15, 0.2) is 42.1 Å². The van der Waals surface area contributed by atoms with Gasteiger partial charge in [0.2, 0.25) is 0 Å². The summed E-state index contributed by atoms with van der Waals surface area (Å²) in [5, 5.41) is 0. The molecule has 0 heterocycles. The zero-order valence-corrected chi connectivity index (χ0v) is 12.4. The third kappa shape index (κ3) is 4.89. The maximum atomic E-state index is 12.0. The van der Waals surface area contributed by atoms with Gasteiger partial charge in [0.05, 0.1) is 6.54 Å². The smallest absolute Gasteiger partial charge is 0.278 e. The zero-order valence-electron chi connectivity index (χ0n) is 10.2. The van der Waals surface area contributed by atoms with Crippen molar-refractivity contribution in [2.75, 3.05) is 0 Å². The van der Waals surface area contributed by atoms with Crippen molar-refractivity contribution in [3.05, 3.63) is 47.7 Å². The van der Waals surface area contributed by atoms with Gasteiger partial charge in [-0.3, -0.25) is 4.79 Å². The van der Waals surface area contributed by atoms with E-state index in [4.69, 9.17) is 34.8 Å². The zero-order chi connectivity index (χ0) is 13.8. The highest BCUT2D eigenvalue weighted by atomic mass is 35.6. The number of carbonyl (C=O) groups is 1. The molecule has 0 saturated heterocycles. The minimum Gasteiger partial charge on any atom is -0.311 e. The lowest BCUT2D eigenvalue weighted by Crippen LogP contribution is -2.35. The Morgan fingerprint density at radius 2 is 1.78 bits per heavy atom. The quantitative estimate of drug-likeness (QED) is 0.762. The molecule has 0 aliphatic rings. The average Bonchev–Trinajstić information content (AvgIpc) is 2.26. The van der Waals surface area contributed by atoms with Crippen LogP contribution in [0.1, 0.15) is 19.4 Å². The normalized spacial score (nSPS) is 10.9. The molecule has 0 bridgehead atoms. The van der Waals surface area contributed by atoms with Gasteiger partial charge in [0, 0.05) is 6.20 Å². The molecule has 18 heavy (non-hydrogen) atoms. The fourth-order valence-electron chi connectivity index (χ4n) is 1.43. The summed E-state index contributed by atoms with van der Waals surface area (Å²) in [6.45, 7) is 4.13. The van der Waals surface area contributed by atoms with Crippen molar-refractivity contribution < 1.29 is 4.79 Å². The molecule has 0 aliphatic carbocycles. The maximum absolute atomic E-state index is 12.0. The van der Waals surface area contributed by atoms with Crippen molar-refractivity contribution >= 4 is 40.7 Å². The predicted octanol–water partition coefficient (Wildman–Crippen LogP) is 4.31. The van der Waals surface area contributed by atoms with Gasteiger partial charge in [-0.25, -0.2) is 0 Å². The molecule has 0 spiro atoms. The van der Waals surface area contributed by atoms with E-state index in [-0.39, 0.29) is 0 Å².